The molecule has 0 aliphatic rings. The number of rotatable bonds is 9. The van der Waals surface area contributed by atoms with Crippen LogP contribution in [0.1, 0.15) is 17.5 Å². The summed E-state index contributed by atoms with van der Waals surface area (Å²) in [6.07, 6.45) is 0.235. The number of methoxy groups -OCH3 is 1. The van der Waals surface area contributed by atoms with Gasteiger partial charge in [0, 0.05) is 0 Å². The Balaban J connectivity index is 1.71. The fourth-order valence-electron chi connectivity index (χ4n) is 2.16. The van der Waals surface area contributed by atoms with E-state index >= 15 is 0 Å². The summed E-state index contributed by atoms with van der Waals surface area (Å²) in [5, 5.41) is 7.21. The maximum Gasteiger partial charge on any atom is 0.326 e. The second-order valence-electron chi connectivity index (χ2n) is 5.76. The van der Waals surface area contributed by atoms with Gasteiger partial charge in [-0.25, -0.2) is 0 Å². The van der Waals surface area contributed by atoms with Gasteiger partial charge in [-0.15, -0.1) is 0 Å². The van der Waals surface area contributed by atoms with Crippen molar-refractivity contribution in [1.82, 2.24) is 10.6 Å². The quantitative estimate of drug-likeness (QED) is 0.525. The summed E-state index contributed by atoms with van der Waals surface area (Å²) in [4.78, 5) is 47.3. The Morgan fingerprint density at radius 3 is 2.48 bits per heavy atom. The zero-order valence-corrected chi connectivity index (χ0v) is 15.9. The topological polar surface area (TPSA) is 136 Å². The van der Waals surface area contributed by atoms with Gasteiger partial charge in [-0.05, 0) is 31.2 Å². The number of esters is 1. The monoisotopic (exact) mass is 403 g/mol. The summed E-state index contributed by atoms with van der Waals surface area (Å²) in [5.74, 6) is -2.00. The van der Waals surface area contributed by atoms with Crippen LogP contribution in [0.15, 0.2) is 47.1 Å². The first kappa shape index (κ1) is 21.5. The number of hydrogen-bond donors (Lipinski definition) is 3. The lowest BCUT2D eigenvalue weighted by molar-refractivity contribution is -0.152. The van der Waals surface area contributed by atoms with Gasteiger partial charge in [0.05, 0.1) is 25.6 Å². The van der Waals surface area contributed by atoms with Crippen LogP contribution in [0.25, 0.3) is 0 Å². The normalized spacial score (nSPS) is 11.1. The molecular weight excluding hydrogens is 382 g/mol. The number of carbonyl (C=O) groups excluding carboxylic acids is 4. The van der Waals surface area contributed by atoms with Crippen LogP contribution in [0, 0.1) is 0 Å². The maximum absolute atomic E-state index is 12.2. The first-order valence-corrected chi connectivity index (χ1v) is 8.62. The molecule has 154 valence electrons. The Labute approximate surface area is 166 Å². The van der Waals surface area contributed by atoms with E-state index in [0.29, 0.717) is 11.4 Å². The third kappa shape index (κ3) is 6.69. The van der Waals surface area contributed by atoms with Gasteiger partial charge in [0.25, 0.3) is 11.8 Å². The number of benzene rings is 1. The van der Waals surface area contributed by atoms with Crippen molar-refractivity contribution in [1.29, 1.82) is 0 Å². The van der Waals surface area contributed by atoms with E-state index in [-0.39, 0.29) is 12.3 Å². The minimum atomic E-state index is -1.09. The predicted molar refractivity (Wildman–Crippen MR) is 101 cm³/mol. The third-order valence-electron chi connectivity index (χ3n) is 3.63. The number of anilines is 1. The van der Waals surface area contributed by atoms with Crippen molar-refractivity contribution >= 4 is 29.4 Å². The molecule has 0 fully saturated rings. The van der Waals surface area contributed by atoms with E-state index in [0.717, 1.165) is 0 Å². The summed E-state index contributed by atoms with van der Waals surface area (Å²) in [7, 11) is 1.47. The molecular formula is C19H21N3O7. The van der Waals surface area contributed by atoms with Gasteiger partial charge < -0.3 is 29.8 Å². The zero-order chi connectivity index (χ0) is 21.2. The first-order valence-electron chi connectivity index (χ1n) is 8.62. The van der Waals surface area contributed by atoms with Crippen LogP contribution >= 0.6 is 0 Å². The van der Waals surface area contributed by atoms with E-state index in [4.69, 9.17) is 13.9 Å². The smallest absolute Gasteiger partial charge is 0.326 e. The van der Waals surface area contributed by atoms with Crippen molar-refractivity contribution in [2.24, 2.45) is 0 Å². The molecule has 3 N–H and O–H groups in total. The average Bonchev–Trinajstić information content (AvgIpc) is 3.25. The summed E-state index contributed by atoms with van der Waals surface area (Å²) in [5.41, 5.74) is 0.434. The first-order chi connectivity index (χ1) is 13.9. The zero-order valence-electron chi connectivity index (χ0n) is 15.9. The molecule has 29 heavy (non-hydrogen) atoms. The SMILES string of the molecule is COc1ccccc1NC(=O)[C@H](C)OC(=O)CNC(=O)CNC(=O)c1ccco1. The minimum absolute atomic E-state index is 0.0621. The van der Waals surface area contributed by atoms with E-state index in [1.54, 1.807) is 24.3 Å². The highest BCUT2D eigenvalue weighted by Gasteiger charge is 2.19. The van der Waals surface area contributed by atoms with E-state index in [2.05, 4.69) is 16.0 Å². The molecule has 2 aromatic rings. The summed E-state index contributed by atoms with van der Waals surface area (Å²) < 4.78 is 15.0. The Bertz CT molecular complexity index is 864. The molecule has 0 radical (unpaired) electrons. The third-order valence-corrected chi connectivity index (χ3v) is 3.63. The van der Waals surface area contributed by atoms with Crippen LogP contribution in [0.5, 0.6) is 5.75 Å². The molecule has 0 aliphatic heterocycles. The van der Waals surface area contributed by atoms with Gasteiger partial charge >= 0.3 is 5.97 Å². The van der Waals surface area contributed by atoms with Gasteiger partial charge in [-0.2, -0.15) is 0 Å². The second-order valence-corrected chi connectivity index (χ2v) is 5.76. The predicted octanol–water partition coefficient (Wildman–Crippen LogP) is 0.705. The molecule has 2 rings (SSSR count). The number of ether oxygens (including phenoxy) is 2. The maximum atomic E-state index is 12.2. The summed E-state index contributed by atoms with van der Waals surface area (Å²) in [6, 6.07) is 9.76. The van der Waals surface area contributed by atoms with Crippen molar-refractivity contribution in [2.75, 3.05) is 25.5 Å². The van der Waals surface area contributed by atoms with Crippen LogP contribution in [0.3, 0.4) is 0 Å². The Morgan fingerprint density at radius 2 is 1.79 bits per heavy atom. The number of nitrogens with one attached hydrogen (secondary N) is 3. The lowest BCUT2D eigenvalue weighted by atomic mass is 10.2. The van der Waals surface area contributed by atoms with Crippen LogP contribution in [-0.4, -0.2) is 50.0 Å². The highest BCUT2D eigenvalue weighted by atomic mass is 16.5. The second kappa shape index (κ2) is 10.5. The number of hydrogen-bond acceptors (Lipinski definition) is 7. The van der Waals surface area contributed by atoms with Crippen molar-refractivity contribution < 1.29 is 33.1 Å². The van der Waals surface area contributed by atoms with E-state index in [9.17, 15) is 19.2 Å². The van der Waals surface area contributed by atoms with Crippen molar-refractivity contribution in [3.63, 3.8) is 0 Å². The lowest BCUT2D eigenvalue weighted by Crippen LogP contribution is -2.40. The van der Waals surface area contributed by atoms with Gasteiger partial charge in [0.2, 0.25) is 5.91 Å². The average molecular weight is 403 g/mol. The summed E-state index contributed by atoms with van der Waals surface area (Å²) in [6.45, 7) is 0.590. The van der Waals surface area contributed by atoms with E-state index in [1.807, 2.05) is 0 Å². The van der Waals surface area contributed by atoms with E-state index < -0.39 is 36.3 Å². The molecule has 1 atom stereocenters. The Morgan fingerprint density at radius 1 is 1.03 bits per heavy atom. The lowest BCUT2D eigenvalue weighted by Gasteiger charge is -2.15. The molecule has 0 bridgehead atoms. The molecule has 1 aromatic carbocycles. The van der Waals surface area contributed by atoms with Gasteiger partial charge in [-0.1, -0.05) is 12.1 Å². The molecule has 0 unspecified atom stereocenters. The standard InChI is InChI=1S/C19H21N3O7/c1-12(18(25)22-13-6-3-4-7-14(13)27-2)29-17(24)11-20-16(23)10-21-19(26)15-8-5-9-28-15/h3-9,12H,10-11H2,1-2H3,(H,20,23)(H,21,26)(H,22,25)/t12-/m0/s1. The molecule has 10 heteroatoms. The fraction of sp³-hybridized carbons (Fsp3) is 0.263. The molecule has 0 saturated carbocycles. The van der Waals surface area contributed by atoms with Crippen LogP contribution in [-0.2, 0) is 19.1 Å². The molecule has 0 saturated heterocycles. The molecule has 0 spiro atoms. The molecule has 10 nitrogen and oxygen atoms in total. The number of para-hydroxylation sites is 2. The van der Waals surface area contributed by atoms with Crippen molar-refractivity contribution in [2.45, 2.75) is 13.0 Å². The van der Waals surface area contributed by atoms with Gasteiger partial charge in [-0.3, -0.25) is 19.2 Å². The summed E-state index contributed by atoms with van der Waals surface area (Å²) >= 11 is 0. The van der Waals surface area contributed by atoms with Crippen molar-refractivity contribution in [3.8, 4) is 5.75 Å². The van der Waals surface area contributed by atoms with Gasteiger partial charge in [0.1, 0.15) is 12.3 Å². The molecule has 0 aliphatic carbocycles. The number of amides is 3. The van der Waals surface area contributed by atoms with E-state index in [1.165, 1.54) is 32.4 Å². The largest absolute Gasteiger partial charge is 0.495 e. The highest BCUT2D eigenvalue weighted by molar-refractivity contribution is 5.97. The minimum Gasteiger partial charge on any atom is -0.495 e. The van der Waals surface area contributed by atoms with Crippen LogP contribution in [0.4, 0.5) is 5.69 Å². The number of furan rings is 1. The number of carbonyl (C=O) groups is 4. The molecule has 1 aromatic heterocycles. The molecule has 1 heterocycles. The fourth-order valence-corrected chi connectivity index (χ4v) is 2.16. The Hall–Kier alpha value is -3.82. The van der Waals surface area contributed by atoms with Gasteiger partial charge in [0.15, 0.2) is 11.9 Å². The van der Waals surface area contributed by atoms with Crippen LogP contribution in [0.2, 0.25) is 0 Å². The molecule has 3 amide bonds. The van der Waals surface area contributed by atoms with Crippen molar-refractivity contribution in [3.05, 3.63) is 48.4 Å². The highest BCUT2D eigenvalue weighted by Crippen LogP contribution is 2.23. The Kier molecular flexibility index (Phi) is 7.78. The van der Waals surface area contributed by atoms with Crippen LogP contribution < -0.4 is 20.7 Å².